The zero-order valence-corrected chi connectivity index (χ0v) is 21.2. The van der Waals surface area contributed by atoms with Gasteiger partial charge in [-0.25, -0.2) is 4.98 Å². The third-order valence-corrected chi connectivity index (χ3v) is 5.37. The van der Waals surface area contributed by atoms with Gasteiger partial charge in [-0.1, -0.05) is 23.7 Å². The van der Waals surface area contributed by atoms with E-state index in [4.69, 9.17) is 11.6 Å². The van der Waals surface area contributed by atoms with Crippen LogP contribution in [0, 0.1) is 0 Å². The number of aromatic nitrogens is 1. The van der Waals surface area contributed by atoms with Crippen LogP contribution >= 0.6 is 35.6 Å². The predicted octanol–water partition coefficient (Wildman–Crippen LogP) is 3.04. The molecule has 3 rings (SSSR count). The number of aliphatic imine (C=N–C) groups is 1. The summed E-state index contributed by atoms with van der Waals surface area (Å²) < 4.78 is 0. The fraction of sp³-hybridized carbons (Fsp3) is 0.409. The summed E-state index contributed by atoms with van der Waals surface area (Å²) in [4.78, 5) is 24.7. The van der Waals surface area contributed by atoms with Gasteiger partial charge in [-0.2, -0.15) is 0 Å². The molecule has 1 aliphatic heterocycles. The molecule has 1 aromatic carbocycles. The summed E-state index contributed by atoms with van der Waals surface area (Å²) in [5.74, 6) is 1.62. The van der Waals surface area contributed by atoms with Crippen LogP contribution in [-0.4, -0.2) is 68.6 Å². The lowest BCUT2D eigenvalue weighted by Crippen LogP contribution is -2.45. The molecule has 9 heteroatoms. The Morgan fingerprint density at radius 2 is 2.13 bits per heavy atom. The average Bonchev–Trinajstić information content (AvgIpc) is 3.21. The van der Waals surface area contributed by atoms with Crippen molar-refractivity contribution in [1.82, 2.24) is 20.5 Å². The lowest BCUT2D eigenvalue weighted by atomic mass is 10.1. The molecule has 2 aromatic rings. The molecular formula is C22H30ClIN6O. The summed E-state index contributed by atoms with van der Waals surface area (Å²) in [5.41, 5.74) is 1.82. The first kappa shape index (κ1) is 25.2. The van der Waals surface area contributed by atoms with Gasteiger partial charge in [0.1, 0.15) is 5.82 Å². The van der Waals surface area contributed by atoms with Gasteiger partial charge in [0.2, 0.25) is 0 Å². The summed E-state index contributed by atoms with van der Waals surface area (Å²) in [7, 11) is 5.30. The van der Waals surface area contributed by atoms with Crippen LogP contribution in [0.4, 0.5) is 5.82 Å². The topological polar surface area (TPSA) is 72.9 Å². The van der Waals surface area contributed by atoms with Gasteiger partial charge in [-0.3, -0.25) is 9.79 Å². The molecule has 0 aliphatic carbocycles. The van der Waals surface area contributed by atoms with Gasteiger partial charge in [-0.15, -0.1) is 24.0 Å². The molecule has 1 amide bonds. The second-order valence-electron chi connectivity index (χ2n) is 7.53. The lowest BCUT2D eigenvalue weighted by molar-refractivity contribution is 0.0827. The van der Waals surface area contributed by atoms with Crippen LogP contribution in [0.2, 0.25) is 5.02 Å². The first-order valence-corrected chi connectivity index (χ1v) is 10.5. The second kappa shape index (κ2) is 12.1. The van der Waals surface area contributed by atoms with Crippen LogP contribution in [0.1, 0.15) is 22.3 Å². The second-order valence-corrected chi connectivity index (χ2v) is 7.94. The van der Waals surface area contributed by atoms with Gasteiger partial charge in [-0.05, 0) is 42.7 Å². The van der Waals surface area contributed by atoms with E-state index < -0.39 is 0 Å². The Morgan fingerprint density at radius 1 is 1.32 bits per heavy atom. The number of rotatable bonds is 6. The van der Waals surface area contributed by atoms with Crippen LogP contribution in [0.5, 0.6) is 0 Å². The lowest BCUT2D eigenvalue weighted by Gasteiger charge is -2.20. The number of hydrogen-bond donors (Lipinski definition) is 2. The summed E-state index contributed by atoms with van der Waals surface area (Å²) in [5, 5.41) is 7.52. The van der Waals surface area contributed by atoms with Crippen LogP contribution < -0.4 is 15.5 Å². The largest absolute Gasteiger partial charge is 0.356 e. The van der Waals surface area contributed by atoms with Gasteiger partial charge in [0.25, 0.3) is 5.91 Å². The molecule has 0 spiro atoms. The van der Waals surface area contributed by atoms with Crippen molar-refractivity contribution in [2.75, 3.05) is 45.7 Å². The minimum absolute atomic E-state index is 0. The van der Waals surface area contributed by atoms with E-state index in [1.165, 1.54) is 0 Å². The quantitative estimate of drug-likeness (QED) is 0.325. The molecule has 0 saturated carbocycles. The minimum atomic E-state index is 0. The van der Waals surface area contributed by atoms with Crippen LogP contribution in [0.3, 0.4) is 0 Å². The fourth-order valence-electron chi connectivity index (χ4n) is 3.51. The van der Waals surface area contributed by atoms with Crippen molar-refractivity contribution >= 4 is 53.3 Å². The number of nitrogens with zero attached hydrogens (tertiary/aromatic N) is 4. The van der Waals surface area contributed by atoms with E-state index in [-0.39, 0.29) is 35.9 Å². The molecule has 1 fully saturated rings. The van der Waals surface area contributed by atoms with E-state index in [0.717, 1.165) is 49.8 Å². The minimum Gasteiger partial charge on any atom is -0.356 e. The molecule has 2 N–H and O–H groups in total. The third-order valence-electron chi connectivity index (χ3n) is 5.08. The molecule has 1 aromatic heterocycles. The standard InChI is InChI=1S/C22H29ClN6O.HI/c1-24-22(26-12-9-16-6-4-7-17(14-16)21(30)28(2)3)27-18-10-13-29(15-18)20-19(23)8-5-11-25-20;/h4-8,11,14,18H,9-10,12-13,15H2,1-3H3,(H2,24,26,27);1H. The van der Waals surface area contributed by atoms with Crippen LogP contribution in [-0.2, 0) is 6.42 Å². The van der Waals surface area contributed by atoms with Crippen molar-refractivity contribution in [3.63, 3.8) is 0 Å². The zero-order chi connectivity index (χ0) is 21.5. The Labute approximate surface area is 206 Å². The van der Waals surface area contributed by atoms with Crippen molar-refractivity contribution < 1.29 is 4.79 Å². The Morgan fingerprint density at radius 3 is 2.84 bits per heavy atom. The van der Waals surface area contributed by atoms with E-state index in [2.05, 4.69) is 25.5 Å². The molecule has 1 atom stereocenters. The van der Waals surface area contributed by atoms with Gasteiger partial charge in [0, 0.05) is 58.6 Å². The maximum atomic E-state index is 12.1. The number of carbonyl (C=O) groups excluding carboxylic acids is 1. The number of guanidine groups is 1. The van der Waals surface area contributed by atoms with E-state index in [9.17, 15) is 4.79 Å². The smallest absolute Gasteiger partial charge is 0.253 e. The van der Waals surface area contributed by atoms with E-state index in [1.807, 2.05) is 36.4 Å². The summed E-state index contributed by atoms with van der Waals surface area (Å²) >= 11 is 6.28. The maximum absolute atomic E-state index is 12.1. The number of anilines is 1. The first-order valence-electron chi connectivity index (χ1n) is 10.1. The highest BCUT2D eigenvalue weighted by molar-refractivity contribution is 14.0. The molecule has 168 valence electrons. The Balaban J connectivity index is 0.00000341. The number of benzene rings is 1. The Hall–Kier alpha value is -2.07. The van der Waals surface area contributed by atoms with Crippen molar-refractivity contribution in [3.05, 3.63) is 58.7 Å². The van der Waals surface area contributed by atoms with Gasteiger partial charge >= 0.3 is 0 Å². The summed E-state index contributed by atoms with van der Waals surface area (Å²) in [6, 6.07) is 11.7. The molecular weight excluding hydrogens is 527 g/mol. The molecule has 7 nitrogen and oxygen atoms in total. The normalized spacial score (nSPS) is 15.9. The first-order chi connectivity index (χ1) is 14.5. The van der Waals surface area contributed by atoms with Crippen molar-refractivity contribution in [3.8, 4) is 0 Å². The van der Waals surface area contributed by atoms with Crippen LogP contribution in [0.25, 0.3) is 0 Å². The van der Waals surface area contributed by atoms with E-state index in [1.54, 1.807) is 32.2 Å². The Bertz CT molecular complexity index is 907. The highest BCUT2D eigenvalue weighted by Gasteiger charge is 2.25. The molecule has 1 aliphatic rings. The number of hydrogen-bond acceptors (Lipinski definition) is 4. The zero-order valence-electron chi connectivity index (χ0n) is 18.1. The number of nitrogens with one attached hydrogen (secondary N) is 2. The average molecular weight is 557 g/mol. The predicted molar refractivity (Wildman–Crippen MR) is 138 cm³/mol. The van der Waals surface area contributed by atoms with Crippen molar-refractivity contribution in [2.45, 2.75) is 18.9 Å². The summed E-state index contributed by atoms with van der Waals surface area (Å²) in [6.45, 7) is 2.45. The van der Waals surface area contributed by atoms with Crippen LogP contribution in [0.15, 0.2) is 47.6 Å². The SMILES string of the molecule is CN=C(NCCc1cccc(C(=O)N(C)C)c1)NC1CCN(c2ncccc2Cl)C1.I. The Kier molecular flexibility index (Phi) is 9.83. The number of pyridine rings is 1. The molecule has 31 heavy (non-hydrogen) atoms. The molecule has 0 radical (unpaired) electrons. The molecule has 1 saturated heterocycles. The van der Waals surface area contributed by atoms with Gasteiger partial charge in [0.15, 0.2) is 5.96 Å². The maximum Gasteiger partial charge on any atom is 0.253 e. The molecule has 0 bridgehead atoms. The number of carbonyl (C=O) groups is 1. The highest BCUT2D eigenvalue weighted by atomic mass is 127. The van der Waals surface area contributed by atoms with Crippen molar-refractivity contribution in [2.24, 2.45) is 4.99 Å². The summed E-state index contributed by atoms with van der Waals surface area (Å²) in [6.07, 6.45) is 3.56. The molecule has 2 heterocycles. The fourth-order valence-corrected chi connectivity index (χ4v) is 3.75. The number of halogens is 2. The van der Waals surface area contributed by atoms with Crippen molar-refractivity contribution in [1.29, 1.82) is 0 Å². The monoisotopic (exact) mass is 556 g/mol. The van der Waals surface area contributed by atoms with E-state index in [0.29, 0.717) is 10.6 Å². The van der Waals surface area contributed by atoms with Gasteiger partial charge < -0.3 is 20.4 Å². The van der Waals surface area contributed by atoms with Gasteiger partial charge in [0.05, 0.1) is 5.02 Å². The third kappa shape index (κ3) is 6.96. The molecule has 1 unspecified atom stereocenters. The van der Waals surface area contributed by atoms with E-state index >= 15 is 0 Å². The highest BCUT2D eigenvalue weighted by Crippen LogP contribution is 2.25. The number of amides is 1.